The van der Waals surface area contributed by atoms with Gasteiger partial charge in [0.25, 0.3) is 0 Å². The van der Waals surface area contributed by atoms with Crippen LogP contribution in [0.15, 0.2) is 27.1 Å². The van der Waals surface area contributed by atoms with Crippen molar-refractivity contribution < 1.29 is 0 Å². The van der Waals surface area contributed by atoms with Crippen molar-refractivity contribution in [1.29, 1.82) is 0 Å². The Morgan fingerprint density at radius 2 is 1.57 bits per heavy atom. The molecule has 78 valence electrons. The summed E-state index contributed by atoms with van der Waals surface area (Å²) in [6.45, 7) is 6.61. The Bertz CT molecular complexity index is 290. The molecule has 0 aromatic heterocycles. The van der Waals surface area contributed by atoms with Gasteiger partial charge in [-0.3, -0.25) is 0 Å². The van der Waals surface area contributed by atoms with Crippen LogP contribution in [0.2, 0.25) is 0 Å². The fourth-order valence-electron chi connectivity index (χ4n) is 1.03. The molecule has 1 nitrogen and oxygen atoms in total. The summed E-state index contributed by atoms with van der Waals surface area (Å²) in [6, 6.07) is 6.56. The first kappa shape index (κ1) is 12.1. The lowest BCUT2D eigenvalue weighted by atomic mass is 10.1. The van der Waals surface area contributed by atoms with E-state index in [9.17, 15) is 0 Å². The lowest BCUT2D eigenvalue weighted by Gasteiger charge is -2.20. The molecule has 0 aliphatic rings. The SMILES string of the molecule is CC(C)C(C)Nc1c(Br)cccc1Br. The number of nitrogens with one attached hydrogen (secondary N) is 1. The third kappa shape index (κ3) is 2.99. The van der Waals surface area contributed by atoms with Crippen LogP contribution in [0.4, 0.5) is 5.69 Å². The third-order valence-electron chi connectivity index (χ3n) is 2.33. The summed E-state index contributed by atoms with van der Waals surface area (Å²) in [7, 11) is 0. The summed E-state index contributed by atoms with van der Waals surface area (Å²) in [5.74, 6) is 0.619. The molecular weight excluding hydrogens is 306 g/mol. The Balaban J connectivity index is 2.85. The van der Waals surface area contributed by atoms with Crippen LogP contribution >= 0.6 is 31.9 Å². The molecule has 0 aliphatic heterocycles. The highest BCUT2D eigenvalue weighted by Crippen LogP contribution is 2.31. The van der Waals surface area contributed by atoms with Crippen molar-refractivity contribution in [3.05, 3.63) is 27.1 Å². The maximum atomic E-state index is 3.53. The maximum absolute atomic E-state index is 3.53. The van der Waals surface area contributed by atoms with E-state index in [-0.39, 0.29) is 0 Å². The third-order valence-corrected chi connectivity index (χ3v) is 3.66. The normalized spacial score (nSPS) is 13.0. The molecule has 0 bridgehead atoms. The molecular formula is C11H15Br2N. The fraction of sp³-hybridized carbons (Fsp3) is 0.455. The van der Waals surface area contributed by atoms with Crippen LogP contribution in [-0.4, -0.2) is 6.04 Å². The van der Waals surface area contributed by atoms with Gasteiger partial charge in [-0.05, 0) is 56.8 Å². The Morgan fingerprint density at radius 1 is 1.07 bits per heavy atom. The van der Waals surface area contributed by atoms with E-state index in [0.717, 1.165) is 14.6 Å². The van der Waals surface area contributed by atoms with Crippen LogP contribution in [0.1, 0.15) is 20.8 Å². The molecule has 1 aromatic carbocycles. The average Bonchev–Trinajstić information content (AvgIpc) is 2.11. The first-order valence-electron chi connectivity index (χ1n) is 4.73. The number of benzene rings is 1. The van der Waals surface area contributed by atoms with E-state index < -0.39 is 0 Å². The predicted octanol–water partition coefficient (Wildman–Crippen LogP) is 4.67. The minimum Gasteiger partial charge on any atom is -0.381 e. The lowest BCUT2D eigenvalue weighted by molar-refractivity contribution is 0.559. The first-order valence-corrected chi connectivity index (χ1v) is 6.31. The molecule has 14 heavy (non-hydrogen) atoms. The molecule has 0 aliphatic carbocycles. The molecule has 0 amide bonds. The van der Waals surface area contributed by atoms with Gasteiger partial charge in [-0.1, -0.05) is 19.9 Å². The minimum atomic E-state index is 0.463. The Morgan fingerprint density at radius 3 is 2.00 bits per heavy atom. The van der Waals surface area contributed by atoms with Gasteiger partial charge in [0.15, 0.2) is 0 Å². The molecule has 0 heterocycles. The zero-order valence-corrected chi connectivity index (χ0v) is 11.8. The van der Waals surface area contributed by atoms with Crippen molar-refractivity contribution in [3.63, 3.8) is 0 Å². The quantitative estimate of drug-likeness (QED) is 0.853. The van der Waals surface area contributed by atoms with Gasteiger partial charge in [-0.2, -0.15) is 0 Å². The van der Waals surface area contributed by atoms with Crippen molar-refractivity contribution in [3.8, 4) is 0 Å². The first-order chi connectivity index (χ1) is 6.52. The van der Waals surface area contributed by atoms with Crippen molar-refractivity contribution in [2.75, 3.05) is 5.32 Å². The molecule has 0 fully saturated rings. The highest BCUT2D eigenvalue weighted by Gasteiger charge is 2.10. The number of halogens is 2. The van der Waals surface area contributed by atoms with Gasteiger partial charge >= 0.3 is 0 Å². The maximum Gasteiger partial charge on any atom is 0.0631 e. The van der Waals surface area contributed by atoms with Crippen molar-refractivity contribution in [2.45, 2.75) is 26.8 Å². The van der Waals surface area contributed by atoms with Crippen LogP contribution in [0, 0.1) is 5.92 Å². The van der Waals surface area contributed by atoms with Gasteiger partial charge in [0, 0.05) is 15.0 Å². The highest BCUT2D eigenvalue weighted by atomic mass is 79.9. The molecule has 1 rings (SSSR count). The Kier molecular flexibility index (Phi) is 4.45. The molecule has 0 radical (unpaired) electrons. The monoisotopic (exact) mass is 319 g/mol. The van der Waals surface area contributed by atoms with Crippen molar-refractivity contribution in [2.24, 2.45) is 5.92 Å². The summed E-state index contributed by atoms with van der Waals surface area (Å²) in [6.07, 6.45) is 0. The summed E-state index contributed by atoms with van der Waals surface area (Å²) in [5, 5.41) is 3.48. The Hall–Kier alpha value is -0.0200. The molecule has 1 aromatic rings. The zero-order valence-electron chi connectivity index (χ0n) is 8.64. The van der Waals surface area contributed by atoms with E-state index in [1.807, 2.05) is 18.2 Å². The average molecular weight is 321 g/mol. The van der Waals surface area contributed by atoms with Gasteiger partial charge in [-0.25, -0.2) is 0 Å². The second-order valence-corrected chi connectivity index (χ2v) is 5.48. The van der Waals surface area contributed by atoms with Crippen LogP contribution in [0.25, 0.3) is 0 Å². The predicted molar refractivity (Wildman–Crippen MR) is 69.8 cm³/mol. The summed E-state index contributed by atoms with van der Waals surface area (Å²) in [5.41, 5.74) is 1.13. The molecule has 1 N–H and O–H groups in total. The van der Waals surface area contributed by atoms with E-state index in [2.05, 4.69) is 57.9 Å². The van der Waals surface area contributed by atoms with Crippen LogP contribution < -0.4 is 5.32 Å². The van der Waals surface area contributed by atoms with Gasteiger partial charge in [0.1, 0.15) is 0 Å². The molecule has 1 atom stereocenters. The number of para-hydroxylation sites is 1. The molecule has 3 heteroatoms. The molecule has 0 saturated heterocycles. The van der Waals surface area contributed by atoms with E-state index in [1.165, 1.54) is 0 Å². The molecule has 1 unspecified atom stereocenters. The standard InChI is InChI=1S/C11H15Br2N/c1-7(2)8(3)14-11-9(12)5-4-6-10(11)13/h4-8,14H,1-3H3. The van der Waals surface area contributed by atoms with Gasteiger partial charge in [0.2, 0.25) is 0 Å². The molecule has 0 spiro atoms. The van der Waals surface area contributed by atoms with E-state index >= 15 is 0 Å². The number of rotatable bonds is 3. The van der Waals surface area contributed by atoms with Gasteiger partial charge in [0.05, 0.1) is 5.69 Å². The Labute approximate surface area is 103 Å². The summed E-state index contributed by atoms with van der Waals surface area (Å²) in [4.78, 5) is 0. The van der Waals surface area contributed by atoms with Crippen LogP contribution in [0.5, 0.6) is 0 Å². The minimum absolute atomic E-state index is 0.463. The van der Waals surface area contributed by atoms with Crippen LogP contribution in [-0.2, 0) is 0 Å². The second-order valence-electron chi connectivity index (χ2n) is 3.77. The zero-order chi connectivity index (χ0) is 10.7. The largest absolute Gasteiger partial charge is 0.381 e. The van der Waals surface area contributed by atoms with Crippen molar-refractivity contribution in [1.82, 2.24) is 0 Å². The summed E-state index contributed by atoms with van der Waals surface area (Å²) >= 11 is 7.06. The van der Waals surface area contributed by atoms with Gasteiger partial charge < -0.3 is 5.32 Å². The van der Waals surface area contributed by atoms with Crippen LogP contribution in [0.3, 0.4) is 0 Å². The van der Waals surface area contributed by atoms with E-state index in [4.69, 9.17) is 0 Å². The number of anilines is 1. The van der Waals surface area contributed by atoms with E-state index in [1.54, 1.807) is 0 Å². The van der Waals surface area contributed by atoms with Gasteiger partial charge in [-0.15, -0.1) is 0 Å². The second kappa shape index (κ2) is 5.17. The molecule has 0 saturated carbocycles. The lowest BCUT2D eigenvalue weighted by Crippen LogP contribution is -2.21. The number of hydrogen-bond donors (Lipinski definition) is 1. The van der Waals surface area contributed by atoms with Crippen molar-refractivity contribution >= 4 is 37.5 Å². The van der Waals surface area contributed by atoms with E-state index in [0.29, 0.717) is 12.0 Å². The summed E-state index contributed by atoms with van der Waals surface area (Å²) < 4.78 is 2.19. The highest BCUT2D eigenvalue weighted by molar-refractivity contribution is 9.11. The smallest absolute Gasteiger partial charge is 0.0631 e. The fourth-order valence-corrected chi connectivity index (χ4v) is 2.26. The number of hydrogen-bond acceptors (Lipinski definition) is 1. The topological polar surface area (TPSA) is 12.0 Å².